The largest absolute Gasteiger partial charge is 0.548 e. The van der Waals surface area contributed by atoms with Gasteiger partial charge in [-0.15, -0.1) is 0 Å². The van der Waals surface area contributed by atoms with Crippen LogP contribution in [0.3, 0.4) is 0 Å². The summed E-state index contributed by atoms with van der Waals surface area (Å²) >= 11 is 0. The van der Waals surface area contributed by atoms with Crippen LogP contribution in [0.25, 0.3) is 0 Å². The Hall–Kier alpha value is -2.34. The zero-order valence-electron chi connectivity index (χ0n) is 11.4. The van der Waals surface area contributed by atoms with E-state index in [1.54, 1.807) is 30.3 Å². The second kappa shape index (κ2) is 5.97. The lowest BCUT2D eigenvalue weighted by Gasteiger charge is -2.24. The molecule has 5 nitrogen and oxygen atoms in total. The summed E-state index contributed by atoms with van der Waals surface area (Å²) in [4.78, 5) is 10.9. The van der Waals surface area contributed by atoms with E-state index in [4.69, 9.17) is 0 Å². The van der Waals surface area contributed by atoms with Crippen LogP contribution in [-0.2, 0) is 14.8 Å². The van der Waals surface area contributed by atoms with Crippen molar-refractivity contribution in [3.8, 4) is 0 Å². The summed E-state index contributed by atoms with van der Waals surface area (Å²) in [6.45, 7) is 1.10. The van der Waals surface area contributed by atoms with E-state index in [0.717, 1.165) is 9.87 Å². The normalized spacial score (nSPS) is 11.1. The molecule has 6 heteroatoms. The molecule has 2 aromatic carbocycles. The summed E-state index contributed by atoms with van der Waals surface area (Å²) in [5, 5.41) is 10.9. The lowest BCUT2D eigenvalue weighted by molar-refractivity contribution is -0.303. The second-order valence-corrected chi connectivity index (χ2v) is 6.39. The van der Waals surface area contributed by atoms with Crippen molar-refractivity contribution in [1.29, 1.82) is 0 Å². The number of rotatable bonds is 5. The number of carboxylic acids is 1. The highest BCUT2D eigenvalue weighted by Gasteiger charge is 2.24. The summed E-state index contributed by atoms with van der Waals surface area (Å²) in [6.07, 6.45) is 0. The highest BCUT2D eigenvalue weighted by molar-refractivity contribution is 7.92. The van der Waals surface area contributed by atoms with Gasteiger partial charge in [0.15, 0.2) is 0 Å². The minimum absolute atomic E-state index is 0.0400. The zero-order chi connectivity index (χ0) is 15.5. The van der Waals surface area contributed by atoms with Crippen molar-refractivity contribution >= 4 is 21.7 Å². The van der Waals surface area contributed by atoms with Crippen LogP contribution in [0.1, 0.15) is 5.56 Å². The number of anilines is 1. The maximum atomic E-state index is 12.6. The molecule has 0 unspecified atom stereocenters. The van der Waals surface area contributed by atoms with Crippen molar-refractivity contribution in [3.05, 3.63) is 60.2 Å². The fourth-order valence-corrected chi connectivity index (χ4v) is 3.27. The summed E-state index contributed by atoms with van der Waals surface area (Å²) in [6, 6.07) is 14.3. The van der Waals surface area contributed by atoms with Crippen LogP contribution in [-0.4, -0.2) is 20.9 Å². The average Bonchev–Trinajstić information content (AvgIpc) is 2.46. The molecule has 0 aliphatic heterocycles. The molecule has 0 atom stereocenters. The molecular formula is C15H14NO4S-. The van der Waals surface area contributed by atoms with E-state index in [9.17, 15) is 18.3 Å². The fourth-order valence-electron chi connectivity index (χ4n) is 1.86. The first-order valence-electron chi connectivity index (χ1n) is 6.25. The molecule has 0 fully saturated rings. The number of carbonyl (C=O) groups excluding carboxylic acids is 1. The standard InChI is InChI=1S/C15H15NO4S/c1-12-7-9-14(10-8-12)21(19,20)16(11-15(17)18)13-5-3-2-4-6-13/h2-10H,11H2,1H3,(H,17,18)/p-1. The number of para-hydroxylation sites is 1. The molecular weight excluding hydrogens is 290 g/mol. The van der Waals surface area contributed by atoms with Crippen LogP contribution in [0.4, 0.5) is 5.69 Å². The summed E-state index contributed by atoms with van der Waals surface area (Å²) in [5.74, 6) is -1.46. The SMILES string of the molecule is Cc1ccc(S(=O)(=O)N(CC(=O)[O-])c2ccccc2)cc1. The Morgan fingerprint density at radius 2 is 1.62 bits per heavy atom. The first kappa shape index (κ1) is 15.1. The summed E-state index contributed by atoms with van der Waals surface area (Å²) in [5.41, 5.74) is 1.20. The Kier molecular flexibility index (Phi) is 4.28. The molecule has 0 radical (unpaired) electrons. The maximum absolute atomic E-state index is 12.6. The van der Waals surface area contributed by atoms with Gasteiger partial charge in [0.1, 0.15) is 0 Å². The van der Waals surface area contributed by atoms with Gasteiger partial charge in [0.2, 0.25) is 0 Å². The molecule has 0 amide bonds. The Bertz CT molecular complexity index is 724. The average molecular weight is 304 g/mol. The van der Waals surface area contributed by atoms with E-state index in [0.29, 0.717) is 0 Å². The lowest BCUT2D eigenvalue weighted by atomic mass is 10.2. The van der Waals surface area contributed by atoms with Gasteiger partial charge in [-0.2, -0.15) is 0 Å². The Labute approximate surface area is 123 Å². The van der Waals surface area contributed by atoms with Crippen molar-refractivity contribution < 1.29 is 18.3 Å². The van der Waals surface area contributed by atoms with Crippen molar-refractivity contribution in [2.24, 2.45) is 0 Å². The number of aryl methyl sites for hydroxylation is 1. The van der Waals surface area contributed by atoms with Gasteiger partial charge in [-0.25, -0.2) is 8.42 Å². The molecule has 0 aromatic heterocycles. The van der Waals surface area contributed by atoms with Crippen LogP contribution in [0, 0.1) is 6.92 Å². The number of sulfonamides is 1. The Morgan fingerprint density at radius 1 is 1.05 bits per heavy atom. The van der Waals surface area contributed by atoms with Crippen molar-refractivity contribution in [3.63, 3.8) is 0 Å². The highest BCUT2D eigenvalue weighted by atomic mass is 32.2. The van der Waals surface area contributed by atoms with Gasteiger partial charge in [0, 0.05) is 0 Å². The minimum Gasteiger partial charge on any atom is -0.548 e. The molecule has 0 heterocycles. The van der Waals surface area contributed by atoms with Gasteiger partial charge in [0.25, 0.3) is 10.0 Å². The predicted molar refractivity (Wildman–Crippen MR) is 77.2 cm³/mol. The molecule has 0 aliphatic rings. The second-order valence-electron chi connectivity index (χ2n) is 4.53. The van der Waals surface area contributed by atoms with E-state index in [1.807, 2.05) is 6.92 Å². The number of carbonyl (C=O) groups is 1. The topological polar surface area (TPSA) is 77.5 Å². The van der Waals surface area contributed by atoms with Gasteiger partial charge in [-0.3, -0.25) is 4.31 Å². The smallest absolute Gasteiger partial charge is 0.264 e. The third-order valence-corrected chi connectivity index (χ3v) is 4.71. The van der Waals surface area contributed by atoms with Gasteiger partial charge in [-0.05, 0) is 31.2 Å². The first-order chi connectivity index (χ1) is 9.91. The van der Waals surface area contributed by atoms with Crippen LogP contribution in [0.2, 0.25) is 0 Å². The van der Waals surface area contributed by atoms with Gasteiger partial charge < -0.3 is 9.90 Å². The van der Waals surface area contributed by atoms with Crippen LogP contribution < -0.4 is 9.41 Å². The number of carboxylic acid groups (broad SMARTS) is 1. The molecule has 0 aliphatic carbocycles. The molecule has 21 heavy (non-hydrogen) atoms. The number of hydrogen-bond acceptors (Lipinski definition) is 4. The van der Waals surface area contributed by atoms with Crippen molar-refractivity contribution in [2.45, 2.75) is 11.8 Å². The third kappa shape index (κ3) is 3.41. The highest BCUT2D eigenvalue weighted by Crippen LogP contribution is 2.23. The Morgan fingerprint density at radius 3 is 2.14 bits per heavy atom. The number of nitrogens with zero attached hydrogens (tertiary/aromatic N) is 1. The summed E-state index contributed by atoms with van der Waals surface area (Å²) in [7, 11) is -3.95. The number of benzene rings is 2. The van der Waals surface area contributed by atoms with Crippen LogP contribution >= 0.6 is 0 Å². The van der Waals surface area contributed by atoms with Crippen molar-refractivity contribution in [2.75, 3.05) is 10.8 Å². The lowest BCUT2D eigenvalue weighted by Crippen LogP contribution is -2.41. The fraction of sp³-hybridized carbons (Fsp3) is 0.133. The first-order valence-corrected chi connectivity index (χ1v) is 7.69. The van der Waals surface area contributed by atoms with E-state index >= 15 is 0 Å². The third-order valence-electron chi connectivity index (χ3n) is 2.93. The molecule has 2 rings (SSSR count). The molecule has 2 aromatic rings. The maximum Gasteiger partial charge on any atom is 0.264 e. The van der Waals surface area contributed by atoms with E-state index in [-0.39, 0.29) is 10.6 Å². The van der Waals surface area contributed by atoms with Gasteiger partial charge in [0.05, 0.1) is 23.1 Å². The van der Waals surface area contributed by atoms with E-state index in [1.165, 1.54) is 24.3 Å². The predicted octanol–water partition coefficient (Wildman–Crippen LogP) is 0.940. The molecule has 0 bridgehead atoms. The van der Waals surface area contributed by atoms with Crippen molar-refractivity contribution in [1.82, 2.24) is 0 Å². The van der Waals surface area contributed by atoms with E-state index in [2.05, 4.69) is 0 Å². The van der Waals surface area contributed by atoms with Crippen LogP contribution in [0.5, 0.6) is 0 Å². The van der Waals surface area contributed by atoms with E-state index < -0.39 is 22.5 Å². The minimum atomic E-state index is -3.95. The molecule has 0 spiro atoms. The summed E-state index contributed by atoms with van der Waals surface area (Å²) < 4.78 is 26.1. The van der Waals surface area contributed by atoms with Gasteiger partial charge >= 0.3 is 0 Å². The van der Waals surface area contributed by atoms with Gasteiger partial charge in [-0.1, -0.05) is 35.9 Å². The number of hydrogen-bond donors (Lipinski definition) is 0. The van der Waals surface area contributed by atoms with Crippen LogP contribution in [0.15, 0.2) is 59.5 Å². The molecule has 0 saturated heterocycles. The monoisotopic (exact) mass is 304 g/mol. The quantitative estimate of drug-likeness (QED) is 0.823. The Balaban J connectivity index is 2.49. The molecule has 0 saturated carbocycles. The molecule has 110 valence electrons. The number of aliphatic carboxylic acids is 1. The zero-order valence-corrected chi connectivity index (χ0v) is 12.2. The molecule has 0 N–H and O–H groups in total.